The third-order valence-electron chi connectivity index (χ3n) is 3.33. The molecule has 5 nitrogen and oxygen atoms in total. The number of nitrogens with one attached hydrogen (secondary N) is 1. The summed E-state index contributed by atoms with van der Waals surface area (Å²) in [4.78, 5) is 27.6. The van der Waals surface area contributed by atoms with E-state index in [0.717, 1.165) is 16.1 Å². The van der Waals surface area contributed by atoms with E-state index in [2.05, 4.69) is 10.3 Å². The van der Waals surface area contributed by atoms with Gasteiger partial charge >= 0.3 is 5.97 Å². The van der Waals surface area contributed by atoms with E-state index >= 15 is 0 Å². The molecule has 0 saturated heterocycles. The number of hydrogen-bond acceptors (Lipinski definition) is 4. The first-order chi connectivity index (χ1) is 10.4. The lowest BCUT2D eigenvalue weighted by atomic mass is 10.0. The minimum absolute atomic E-state index is 0.198. The van der Waals surface area contributed by atoms with Crippen molar-refractivity contribution in [2.45, 2.75) is 26.8 Å². The fourth-order valence-electron chi connectivity index (χ4n) is 2.04. The van der Waals surface area contributed by atoms with Crippen molar-refractivity contribution in [3.63, 3.8) is 0 Å². The van der Waals surface area contributed by atoms with Crippen LogP contribution in [0.2, 0.25) is 0 Å². The van der Waals surface area contributed by atoms with E-state index in [9.17, 15) is 9.59 Å². The van der Waals surface area contributed by atoms with Crippen molar-refractivity contribution in [2.75, 3.05) is 0 Å². The summed E-state index contributed by atoms with van der Waals surface area (Å²) >= 11 is 1.37. The van der Waals surface area contributed by atoms with Crippen LogP contribution in [0.4, 0.5) is 0 Å². The molecule has 6 heteroatoms. The molecule has 22 heavy (non-hydrogen) atoms. The molecule has 0 aliphatic heterocycles. The summed E-state index contributed by atoms with van der Waals surface area (Å²) in [5.41, 5.74) is 2.30. The van der Waals surface area contributed by atoms with E-state index in [1.165, 1.54) is 11.3 Å². The van der Waals surface area contributed by atoms with Crippen molar-refractivity contribution in [1.82, 2.24) is 10.3 Å². The van der Waals surface area contributed by atoms with Gasteiger partial charge in [-0.15, -0.1) is 11.3 Å². The summed E-state index contributed by atoms with van der Waals surface area (Å²) in [7, 11) is 0. The number of aromatic nitrogens is 1. The van der Waals surface area contributed by atoms with Crippen LogP contribution in [0.25, 0.3) is 10.6 Å². The molecule has 116 valence electrons. The summed E-state index contributed by atoms with van der Waals surface area (Å²) in [6.07, 6.45) is 0. The quantitative estimate of drug-likeness (QED) is 0.888. The van der Waals surface area contributed by atoms with Crippen LogP contribution < -0.4 is 5.32 Å². The minimum Gasteiger partial charge on any atom is -0.480 e. The average Bonchev–Trinajstić information content (AvgIpc) is 2.94. The fourth-order valence-corrected chi connectivity index (χ4v) is 2.93. The normalized spacial score (nSPS) is 12.2. The van der Waals surface area contributed by atoms with Gasteiger partial charge in [-0.3, -0.25) is 4.79 Å². The van der Waals surface area contributed by atoms with E-state index in [-0.39, 0.29) is 11.6 Å². The third-order valence-corrected chi connectivity index (χ3v) is 4.21. The van der Waals surface area contributed by atoms with E-state index in [4.69, 9.17) is 5.11 Å². The van der Waals surface area contributed by atoms with E-state index in [1.807, 2.05) is 31.2 Å². The second-order valence-corrected chi connectivity index (χ2v) is 6.24. The fraction of sp³-hybridized carbons (Fsp3) is 0.312. The molecular formula is C16H18N2O3S. The van der Waals surface area contributed by atoms with Crippen molar-refractivity contribution in [3.8, 4) is 10.6 Å². The number of aryl methyl sites for hydroxylation is 1. The summed E-state index contributed by atoms with van der Waals surface area (Å²) in [6, 6.07) is 6.87. The predicted molar refractivity (Wildman–Crippen MR) is 86.0 cm³/mol. The Bertz CT molecular complexity index is 694. The van der Waals surface area contributed by atoms with Gasteiger partial charge in [-0.25, -0.2) is 9.78 Å². The highest BCUT2D eigenvalue weighted by Gasteiger charge is 2.25. The Labute approximate surface area is 133 Å². The van der Waals surface area contributed by atoms with Crippen LogP contribution in [-0.4, -0.2) is 28.0 Å². The van der Waals surface area contributed by atoms with Crippen LogP contribution in [0.15, 0.2) is 29.6 Å². The molecule has 1 aromatic heterocycles. The van der Waals surface area contributed by atoms with Gasteiger partial charge in [0.2, 0.25) is 0 Å². The van der Waals surface area contributed by atoms with Gasteiger partial charge in [-0.1, -0.05) is 38.1 Å². The predicted octanol–water partition coefficient (Wildman–Crippen LogP) is 2.96. The van der Waals surface area contributed by atoms with Gasteiger partial charge in [0, 0.05) is 10.9 Å². The molecule has 0 aliphatic rings. The maximum absolute atomic E-state index is 12.2. The van der Waals surface area contributed by atoms with E-state index in [0.29, 0.717) is 0 Å². The number of aliphatic carboxylic acids is 1. The summed E-state index contributed by atoms with van der Waals surface area (Å²) < 4.78 is 0. The second kappa shape index (κ2) is 6.70. The molecule has 1 atom stereocenters. The van der Waals surface area contributed by atoms with Crippen LogP contribution in [-0.2, 0) is 4.79 Å². The molecular weight excluding hydrogens is 300 g/mol. The van der Waals surface area contributed by atoms with Crippen LogP contribution in [0.5, 0.6) is 0 Å². The third kappa shape index (κ3) is 3.51. The SMILES string of the molecule is Cc1ccccc1-c1nc(C(=O)N[C@H](C(=O)O)C(C)C)cs1. The smallest absolute Gasteiger partial charge is 0.326 e. The zero-order valence-electron chi connectivity index (χ0n) is 12.7. The highest BCUT2D eigenvalue weighted by Crippen LogP contribution is 2.26. The molecule has 1 heterocycles. The van der Waals surface area contributed by atoms with Gasteiger partial charge in [0.05, 0.1) is 0 Å². The van der Waals surface area contributed by atoms with Crippen molar-refractivity contribution in [1.29, 1.82) is 0 Å². The second-order valence-electron chi connectivity index (χ2n) is 5.39. The first kappa shape index (κ1) is 16.2. The van der Waals surface area contributed by atoms with E-state index < -0.39 is 17.9 Å². The number of benzene rings is 1. The molecule has 2 N–H and O–H groups in total. The van der Waals surface area contributed by atoms with Crippen molar-refractivity contribution < 1.29 is 14.7 Å². The maximum Gasteiger partial charge on any atom is 0.326 e. The molecule has 1 aromatic carbocycles. The maximum atomic E-state index is 12.2. The Kier molecular flexibility index (Phi) is 4.92. The first-order valence-electron chi connectivity index (χ1n) is 6.95. The molecule has 2 rings (SSSR count). The van der Waals surface area contributed by atoms with Crippen LogP contribution >= 0.6 is 11.3 Å². The molecule has 1 amide bonds. The van der Waals surface area contributed by atoms with Gasteiger partial charge < -0.3 is 10.4 Å². The van der Waals surface area contributed by atoms with Gasteiger partial charge in [-0.05, 0) is 18.4 Å². The van der Waals surface area contributed by atoms with Gasteiger partial charge in [-0.2, -0.15) is 0 Å². The molecule has 0 saturated carbocycles. The number of nitrogens with zero attached hydrogens (tertiary/aromatic N) is 1. The lowest BCUT2D eigenvalue weighted by Gasteiger charge is -2.16. The minimum atomic E-state index is -1.04. The molecule has 0 unspecified atom stereocenters. The zero-order valence-corrected chi connectivity index (χ0v) is 13.5. The number of rotatable bonds is 5. The van der Waals surface area contributed by atoms with Crippen molar-refractivity contribution in [2.24, 2.45) is 5.92 Å². The molecule has 0 aliphatic carbocycles. The molecule has 0 radical (unpaired) electrons. The standard InChI is InChI=1S/C16H18N2O3S/c1-9(2)13(16(20)21)18-14(19)12-8-22-15(17-12)11-7-5-4-6-10(11)3/h4-9,13H,1-3H3,(H,18,19)(H,20,21)/t13-/m0/s1. The Morgan fingerprint density at radius 1 is 1.27 bits per heavy atom. The number of carboxylic acids is 1. The highest BCUT2D eigenvalue weighted by molar-refractivity contribution is 7.13. The Morgan fingerprint density at radius 3 is 2.55 bits per heavy atom. The number of thiazole rings is 1. The lowest BCUT2D eigenvalue weighted by molar-refractivity contribution is -0.140. The monoisotopic (exact) mass is 318 g/mol. The van der Waals surface area contributed by atoms with Crippen LogP contribution in [0.1, 0.15) is 29.9 Å². The number of carbonyl (C=O) groups is 2. The number of hydrogen-bond donors (Lipinski definition) is 2. The largest absolute Gasteiger partial charge is 0.480 e. The van der Waals surface area contributed by atoms with Gasteiger partial charge in [0.15, 0.2) is 0 Å². The van der Waals surface area contributed by atoms with Crippen LogP contribution in [0.3, 0.4) is 0 Å². The van der Waals surface area contributed by atoms with E-state index in [1.54, 1.807) is 19.2 Å². The molecule has 2 aromatic rings. The lowest BCUT2D eigenvalue weighted by Crippen LogP contribution is -2.44. The first-order valence-corrected chi connectivity index (χ1v) is 7.83. The number of amides is 1. The highest BCUT2D eigenvalue weighted by atomic mass is 32.1. The topological polar surface area (TPSA) is 79.3 Å². The summed E-state index contributed by atoms with van der Waals surface area (Å²) in [5, 5.41) is 14.0. The van der Waals surface area contributed by atoms with Crippen molar-refractivity contribution in [3.05, 3.63) is 40.9 Å². The van der Waals surface area contributed by atoms with Crippen molar-refractivity contribution >= 4 is 23.2 Å². The Morgan fingerprint density at radius 2 is 1.95 bits per heavy atom. The van der Waals surface area contributed by atoms with Gasteiger partial charge in [0.25, 0.3) is 5.91 Å². The zero-order chi connectivity index (χ0) is 16.3. The van der Waals surface area contributed by atoms with Gasteiger partial charge in [0.1, 0.15) is 16.7 Å². The van der Waals surface area contributed by atoms with Crippen LogP contribution in [0, 0.1) is 12.8 Å². The number of carboxylic acid groups (broad SMARTS) is 1. The number of carbonyl (C=O) groups excluding carboxylic acids is 1. The summed E-state index contributed by atoms with van der Waals surface area (Å²) in [6.45, 7) is 5.48. The Balaban J connectivity index is 2.19. The molecule has 0 bridgehead atoms. The average molecular weight is 318 g/mol. The molecule has 0 spiro atoms. The Hall–Kier alpha value is -2.21. The molecule has 0 fully saturated rings. The summed E-state index contributed by atoms with van der Waals surface area (Å²) in [5.74, 6) is -1.70.